The predicted octanol–water partition coefficient (Wildman–Crippen LogP) is 3.06. The molecule has 1 fully saturated rings. The summed E-state index contributed by atoms with van der Waals surface area (Å²) in [6, 6.07) is 11.6. The fourth-order valence-electron chi connectivity index (χ4n) is 2.91. The van der Waals surface area contributed by atoms with Gasteiger partial charge in [0.1, 0.15) is 24.1 Å². The molecule has 2 atom stereocenters. The van der Waals surface area contributed by atoms with Crippen LogP contribution >= 0.6 is 0 Å². The zero-order chi connectivity index (χ0) is 19.4. The van der Waals surface area contributed by atoms with Crippen LogP contribution in [0.25, 0.3) is 0 Å². The molecule has 3 rings (SSSR count). The number of amides is 2. The largest absolute Gasteiger partial charge is 0.497 e. The third-order valence-electron chi connectivity index (χ3n) is 4.30. The highest BCUT2D eigenvalue weighted by Crippen LogP contribution is 2.32. The van der Waals surface area contributed by atoms with E-state index < -0.39 is 29.8 Å². The van der Waals surface area contributed by atoms with Gasteiger partial charge in [0, 0.05) is 11.3 Å². The number of esters is 1. The molecule has 2 unspecified atom stereocenters. The molecule has 0 radical (unpaired) electrons. The van der Waals surface area contributed by atoms with Gasteiger partial charge in [0.15, 0.2) is 0 Å². The highest BCUT2D eigenvalue weighted by molar-refractivity contribution is 5.85. The van der Waals surface area contributed by atoms with E-state index in [9.17, 15) is 14.0 Å². The lowest BCUT2D eigenvalue weighted by Crippen LogP contribution is -2.51. The zero-order valence-corrected chi connectivity index (χ0v) is 14.7. The molecular formula is C20H19FN2O4. The van der Waals surface area contributed by atoms with Crippen LogP contribution in [0.2, 0.25) is 0 Å². The number of carbonyl (C=O) groups is 2. The SMILES string of the molecule is C=C1NC(=O)NC(c2ccccc2F)C1C(=O)OCc1ccc(OC)cc1. The summed E-state index contributed by atoms with van der Waals surface area (Å²) >= 11 is 0. The Morgan fingerprint density at radius 1 is 1.19 bits per heavy atom. The molecule has 2 aromatic rings. The number of hydrogen-bond donors (Lipinski definition) is 2. The average molecular weight is 370 g/mol. The molecule has 0 bridgehead atoms. The van der Waals surface area contributed by atoms with Gasteiger partial charge in [0.25, 0.3) is 0 Å². The van der Waals surface area contributed by atoms with Crippen molar-refractivity contribution in [2.45, 2.75) is 12.6 Å². The summed E-state index contributed by atoms with van der Waals surface area (Å²) in [5.74, 6) is -1.41. The molecule has 6 nitrogen and oxygen atoms in total. The Hall–Kier alpha value is -3.35. The molecule has 2 amide bonds. The van der Waals surface area contributed by atoms with Crippen molar-refractivity contribution in [3.05, 3.63) is 77.8 Å². The standard InChI is InChI=1S/C20H19FN2O4/c1-12-17(19(24)27-11-13-7-9-14(26-2)10-8-13)18(23-20(25)22-12)15-5-3-4-6-16(15)21/h3-10,17-18H,1,11H2,2H3,(H2,22,23,25). The fraction of sp³-hybridized carbons (Fsp3) is 0.200. The molecule has 1 aliphatic heterocycles. The molecule has 0 spiro atoms. The molecule has 0 aromatic heterocycles. The summed E-state index contributed by atoms with van der Waals surface area (Å²) in [6.45, 7) is 3.77. The van der Waals surface area contributed by atoms with Gasteiger partial charge < -0.3 is 20.1 Å². The van der Waals surface area contributed by atoms with Crippen LogP contribution in [0.1, 0.15) is 17.2 Å². The first-order chi connectivity index (χ1) is 13.0. The molecule has 1 aliphatic rings. The van der Waals surface area contributed by atoms with E-state index in [1.54, 1.807) is 37.4 Å². The van der Waals surface area contributed by atoms with Crippen LogP contribution in [-0.4, -0.2) is 19.1 Å². The molecule has 0 aliphatic carbocycles. The normalized spacial score (nSPS) is 19.0. The van der Waals surface area contributed by atoms with Crippen molar-refractivity contribution in [2.24, 2.45) is 5.92 Å². The van der Waals surface area contributed by atoms with Gasteiger partial charge in [0.05, 0.1) is 13.2 Å². The van der Waals surface area contributed by atoms with Gasteiger partial charge in [-0.2, -0.15) is 0 Å². The van der Waals surface area contributed by atoms with Gasteiger partial charge >= 0.3 is 12.0 Å². The number of carbonyl (C=O) groups excluding carboxylic acids is 2. The first kappa shape index (κ1) is 18.4. The smallest absolute Gasteiger partial charge is 0.319 e. The maximum Gasteiger partial charge on any atom is 0.319 e. The fourth-order valence-corrected chi connectivity index (χ4v) is 2.91. The summed E-state index contributed by atoms with van der Waals surface area (Å²) in [5, 5.41) is 5.04. The summed E-state index contributed by atoms with van der Waals surface area (Å²) in [5.41, 5.74) is 1.12. The second kappa shape index (κ2) is 7.90. The maximum absolute atomic E-state index is 14.2. The molecule has 140 valence electrons. The van der Waals surface area contributed by atoms with E-state index in [1.807, 2.05) is 0 Å². The van der Waals surface area contributed by atoms with Crippen molar-refractivity contribution in [1.29, 1.82) is 0 Å². The van der Waals surface area contributed by atoms with Gasteiger partial charge in [-0.1, -0.05) is 36.9 Å². The van der Waals surface area contributed by atoms with E-state index >= 15 is 0 Å². The number of halogens is 1. The van der Waals surface area contributed by atoms with Crippen LogP contribution in [0.5, 0.6) is 5.75 Å². The second-order valence-electron chi connectivity index (χ2n) is 6.06. The Balaban J connectivity index is 1.78. The first-order valence-corrected chi connectivity index (χ1v) is 8.30. The Morgan fingerprint density at radius 3 is 2.56 bits per heavy atom. The van der Waals surface area contributed by atoms with Crippen LogP contribution in [0.4, 0.5) is 9.18 Å². The number of benzene rings is 2. The number of hydrogen-bond acceptors (Lipinski definition) is 4. The minimum atomic E-state index is -0.960. The lowest BCUT2D eigenvalue weighted by molar-refractivity contribution is -0.149. The number of urea groups is 1. The molecule has 27 heavy (non-hydrogen) atoms. The molecule has 2 N–H and O–H groups in total. The average Bonchev–Trinajstić information content (AvgIpc) is 2.66. The quantitative estimate of drug-likeness (QED) is 0.793. The first-order valence-electron chi connectivity index (χ1n) is 8.30. The highest BCUT2D eigenvalue weighted by atomic mass is 19.1. The molecule has 1 heterocycles. The van der Waals surface area contributed by atoms with E-state index in [0.29, 0.717) is 5.75 Å². The van der Waals surface area contributed by atoms with E-state index in [2.05, 4.69) is 17.2 Å². The van der Waals surface area contributed by atoms with Crippen LogP contribution in [0.15, 0.2) is 60.8 Å². The third kappa shape index (κ3) is 4.08. The van der Waals surface area contributed by atoms with Gasteiger partial charge in [-0.25, -0.2) is 9.18 Å². The lowest BCUT2D eigenvalue weighted by atomic mass is 9.89. The third-order valence-corrected chi connectivity index (χ3v) is 4.30. The summed E-state index contributed by atoms with van der Waals surface area (Å²) in [6.07, 6.45) is 0. The van der Waals surface area contributed by atoms with Gasteiger partial charge in [-0.05, 0) is 23.8 Å². The van der Waals surface area contributed by atoms with Crippen molar-refractivity contribution >= 4 is 12.0 Å². The zero-order valence-electron chi connectivity index (χ0n) is 14.7. The molecule has 1 saturated heterocycles. The molecular weight excluding hydrogens is 351 g/mol. The molecule has 7 heteroatoms. The molecule has 0 saturated carbocycles. The Bertz CT molecular complexity index is 867. The highest BCUT2D eigenvalue weighted by Gasteiger charge is 2.40. The predicted molar refractivity (Wildman–Crippen MR) is 96.2 cm³/mol. The van der Waals surface area contributed by atoms with Crippen molar-refractivity contribution < 1.29 is 23.5 Å². The van der Waals surface area contributed by atoms with Crippen LogP contribution in [0, 0.1) is 11.7 Å². The monoisotopic (exact) mass is 370 g/mol. The summed E-state index contributed by atoms with van der Waals surface area (Å²) in [4.78, 5) is 24.5. The van der Waals surface area contributed by atoms with E-state index in [-0.39, 0.29) is 17.9 Å². The summed E-state index contributed by atoms with van der Waals surface area (Å²) in [7, 11) is 1.56. The topological polar surface area (TPSA) is 76.7 Å². The number of methoxy groups -OCH3 is 1. The minimum absolute atomic E-state index is 0.0323. The molecule has 2 aromatic carbocycles. The second-order valence-corrected chi connectivity index (χ2v) is 6.06. The Labute approximate surface area is 156 Å². The van der Waals surface area contributed by atoms with Crippen molar-refractivity contribution in [2.75, 3.05) is 7.11 Å². The van der Waals surface area contributed by atoms with E-state index in [0.717, 1.165) is 5.56 Å². The van der Waals surface area contributed by atoms with Crippen LogP contribution in [0.3, 0.4) is 0 Å². The number of rotatable bonds is 5. The van der Waals surface area contributed by atoms with Crippen molar-refractivity contribution in [1.82, 2.24) is 10.6 Å². The van der Waals surface area contributed by atoms with E-state index in [1.165, 1.54) is 18.2 Å². The van der Waals surface area contributed by atoms with Gasteiger partial charge in [0.2, 0.25) is 0 Å². The van der Waals surface area contributed by atoms with Crippen molar-refractivity contribution in [3.63, 3.8) is 0 Å². The Morgan fingerprint density at radius 2 is 1.89 bits per heavy atom. The minimum Gasteiger partial charge on any atom is -0.497 e. The van der Waals surface area contributed by atoms with Gasteiger partial charge in [-0.15, -0.1) is 0 Å². The van der Waals surface area contributed by atoms with Crippen LogP contribution < -0.4 is 15.4 Å². The maximum atomic E-state index is 14.2. The van der Waals surface area contributed by atoms with E-state index in [4.69, 9.17) is 9.47 Å². The summed E-state index contributed by atoms with van der Waals surface area (Å²) < 4.78 is 24.7. The van der Waals surface area contributed by atoms with Crippen LogP contribution in [-0.2, 0) is 16.1 Å². The lowest BCUT2D eigenvalue weighted by Gasteiger charge is -2.33. The number of ether oxygens (including phenoxy) is 2. The number of nitrogens with one attached hydrogen (secondary N) is 2. The Kier molecular flexibility index (Phi) is 5.40. The van der Waals surface area contributed by atoms with Gasteiger partial charge in [-0.3, -0.25) is 4.79 Å². The van der Waals surface area contributed by atoms with Crippen molar-refractivity contribution in [3.8, 4) is 5.75 Å².